The highest BCUT2D eigenvalue weighted by molar-refractivity contribution is 5.80. The van der Waals surface area contributed by atoms with Crippen LogP contribution in [0.3, 0.4) is 0 Å². The molecule has 0 unspecified atom stereocenters. The molecule has 0 aliphatic heterocycles. The molecule has 0 bridgehead atoms. The van der Waals surface area contributed by atoms with Gasteiger partial charge in [-0.15, -0.1) is 0 Å². The van der Waals surface area contributed by atoms with E-state index in [4.69, 9.17) is 4.74 Å². The Balaban J connectivity index is 1.92. The quantitative estimate of drug-likeness (QED) is 0.658. The molecule has 0 aliphatic rings. The number of benzene rings is 1. The van der Waals surface area contributed by atoms with Gasteiger partial charge in [-0.2, -0.15) is 5.10 Å². The van der Waals surface area contributed by atoms with Crippen LogP contribution in [0.4, 0.5) is 14.7 Å². The van der Waals surface area contributed by atoms with Gasteiger partial charge >= 0.3 is 0 Å². The highest BCUT2D eigenvalue weighted by atomic mass is 19.3. The van der Waals surface area contributed by atoms with Crippen LogP contribution in [-0.4, -0.2) is 29.2 Å². The van der Waals surface area contributed by atoms with Crippen LogP contribution in [0.5, 0.6) is 5.75 Å². The van der Waals surface area contributed by atoms with Crippen LogP contribution in [0.25, 0.3) is 0 Å². The lowest BCUT2D eigenvalue weighted by Crippen LogP contribution is -2.06. The van der Waals surface area contributed by atoms with Crippen molar-refractivity contribution in [3.8, 4) is 5.75 Å². The maximum absolute atomic E-state index is 12.0. The summed E-state index contributed by atoms with van der Waals surface area (Å²) >= 11 is 0. The number of nitrogens with one attached hydrogen (secondary N) is 1. The van der Waals surface area contributed by atoms with E-state index in [0.717, 1.165) is 17.0 Å². The summed E-state index contributed by atoms with van der Waals surface area (Å²) in [5.74, 6) is 0.814. The molecule has 5 nitrogen and oxygen atoms in total. The maximum atomic E-state index is 12.0. The van der Waals surface area contributed by atoms with Crippen LogP contribution in [0.2, 0.25) is 0 Å². The zero-order valence-corrected chi connectivity index (χ0v) is 12.3. The summed E-state index contributed by atoms with van der Waals surface area (Å²) in [6.45, 7) is 3.14. The molecule has 1 heterocycles. The molecule has 0 saturated carbocycles. The van der Waals surface area contributed by atoms with E-state index in [-0.39, 0.29) is 0 Å². The van der Waals surface area contributed by atoms with Gasteiger partial charge in [-0.1, -0.05) is 0 Å². The van der Waals surface area contributed by atoms with Gasteiger partial charge < -0.3 is 4.74 Å². The molecule has 7 heteroatoms. The Kier molecular flexibility index (Phi) is 5.35. The number of ether oxygens (including phenoxy) is 1. The van der Waals surface area contributed by atoms with Gasteiger partial charge in [-0.25, -0.2) is 24.2 Å². The predicted molar refractivity (Wildman–Crippen MR) is 80.7 cm³/mol. The lowest BCUT2D eigenvalue weighted by molar-refractivity contribution is 0.0819. The molecular formula is C15H16F2N4O. The van der Waals surface area contributed by atoms with E-state index >= 15 is 0 Å². The van der Waals surface area contributed by atoms with Crippen molar-refractivity contribution in [3.63, 3.8) is 0 Å². The molecule has 0 radical (unpaired) electrons. The van der Waals surface area contributed by atoms with Crippen LogP contribution in [0.15, 0.2) is 35.4 Å². The summed E-state index contributed by atoms with van der Waals surface area (Å²) in [7, 11) is 0. The van der Waals surface area contributed by atoms with Gasteiger partial charge in [0.25, 0.3) is 6.43 Å². The van der Waals surface area contributed by atoms with Crippen LogP contribution in [-0.2, 0) is 0 Å². The largest absolute Gasteiger partial charge is 0.488 e. The smallest absolute Gasteiger partial charge is 0.272 e. The molecule has 0 atom stereocenters. The maximum Gasteiger partial charge on any atom is 0.272 e. The van der Waals surface area contributed by atoms with Crippen LogP contribution in [0.1, 0.15) is 17.0 Å². The Labute approximate surface area is 127 Å². The number of hydrogen-bond donors (Lipinski definition) is 1. The molecule has 1 aromatic heterocycles. The highest BCUT2D eigenvalue weighted by Crippen LogP contribution is 2.12. The molecule has 0 aliphatic carbocycles. The fraction of sp³-hybridized carbons (Fsp3) is 0.267. The van der Waals surface area contributed by atoms with Gasteiger partial charge in [0, 0.05) is 11.4 Å². The van der Waals surface area contributed by atoms with Crippen molar-refractivity contribution in [3.05, 3.63) is 47.3 Å². The molecule has 0 fully saturated rings. The fourth-order valence-electron chi connectivity index (χ4n) is 1.75. The fourth-order valence-corrected chi connectivity index (χ4v) is 1.75. The van der Waals surface area contributed by atoms with Gasteiger partial charge in [0.1, 0.15) is 12.4 Å². The van der Waals surface area contributed by atoms with Gasteiger partial charge in [-0.3, -0.25) is 0 Å². The first kappa shape index (κ1) is 15.8. The van der Waals surface area contributed by atoms with E-state index in [1.807, 2.05) is 19.9 Å². The Bertz CT molecular complexity index is 624. The average molecular weight is 306 g/mol. The van der Waals surface area contributed by atoms with E-state index in [1.54, 1.807) is 30.5 Å². The first-order valence-corrected chi connectivity index (χ1v) is 6.65. The van der Waals surface area contributed by atoms with Crippen molar-refractivity contribution in [1.29, 1.82) is 0 Å². The van der Waals surface area contributed by atoms with Crippen LogP contribution < -0.4 is 10.2 Å². The van der Waals surface area contributed by atoms with Gasteiger partial charge in [0.05, 0.1) is 6.21 Å². The third-order valence-corrected chi connectivity index (χ3v) is 2.62. The van der Waals surface area contributed by atoms with Crippen molar-refractivity contribution in [1.82, 2.24) is 9.97 Å². The van der Waals surface area contributed by atoms with Gasteiger partial charge in [0.2, 0.25) is 5.95 Å². The minimum Gasteiger partial charge on any atom is -0.488 e. The SMILES string of the molecule is Cc1cc(C)nc(N/N=C\c2ccc(OCC(F)F)cc2)n1. The van der Waals surface area contributed by atoms with Gasteiger partial charge in [-0.05, 0) is 49.7 Å². The molecule has 1 aromatic carbocycles. The average Bonchev–Trinajstić information content (AvgIpc) is 2.45. The highest BCUT2D eigenvalue weighted by Gasteiger charge is 2.03. The summed E-state index contributed by atoms with van der Waals surface area (Å²) in [6.07, 6.45) is -0.902. The standard InChI is InChI=1S/C15H16F2N4O/c1-10-7-11(2)20-15(19-10)21-18-8-12-3-5-13(6-4-12)22-9-14(16)17/h3-8,14H,9H2,1-2H3,(H,19,20,21)/b18-8-. The number of hydrazone groups is 1. The lowest BCUT2D eigenvalue weighted by Gasteiger charge is -2.05. The summed E-state index contributed by atoms with van der Waals surface area (Å²) in [6, 6.07) is 8.52. The van der Waals surface area contributed by atoms with E-state index < -0.39 is 13.0 Å². The Morgan fingerprint density at radius 3 is 2.41 bits per heavy atom. The number of halogens is 2. The van der Waals surface area contributed by atoms with E-state index in [1.165, 1.54) is 0 Å². The zero-order valence-electron chi connectivity index (χ0n) is 12.3. The summed E-state index contributed by atoms with van der Waals surface area (Å²) < 4.78 is 28.9. The Morgan fingerprint density at radius 1 is 1.18 bits per heavy atom. The first-order valence-electron chi connectivity index (χ1n) is 6.65. The zero-order chi connectivity index (χ0) is 15.9. The number of hydrogen-bond acceptors (Lipinski definition) is 5. The summed E-state index contributed by atoms with van der Waals surface area (Å²) in [5.41, 5.74) is 5.24. The molecule has 1 N–H and O–H groups in total. The predicted octanol–water partition coefficient (Wildman–Crippen LogP) is 3.18. The first-order chi connectivity index (χ1) is 10.5. The van der Waals surface area contributed by atoms with Crippen molar-refractivity contribution in [2.24, 2.45) is 5.10 Å². The molecule has 2 aromatic rings. The summed E-state index contributed by atoms with van der Waals surface area (Å²) in [4.78, 5) is 8.39. The van der Waals surface area contributed by atoms with E-state index in [0.29, 0.717) is 11.7 Å². The van der Waals surface area contributed by atoms with Crippen molar-refractivity contribution < 1.29 is 13.5 Å². The number of aromatic nitrogens is 2. The van der Waals surface area contributed by atoms with Gasteiger partial charge in [0.15, 0.2) is 0 Å². The second-order valence-corrected chi connectivity index (χ2v) is 4.62. The minimum absolute atomic E-state index is 0.392. The number of rotatable bonds is 6. The van der Waals surface area contributed by atoms with E-state index in [9.17, 15) is 8.78 Å². The molecule has 0 saturated heterocycles. The van der Waals surface area contributed by atoms with Crippen LogP contribution >= 0.6 is 0 Å². The van der Waals surface area contributed by atoms with E-state index in [2.05, 4.69) is 20.5 Å². The third-order valence-electron chi connectivity index (χ3n) is 2.62. The second kappa shape index (κ2) is 7.44. The molecule has 0 spiro atoms. The monoisotopic (exact) mass is 306 g/mol. The number of aryl methyl sites for hydroxylation is 2. The van der Waals surface area contributed by atoms with Crippen molar-refractivity contribution in [2.75, 3.05) is 12.0 Å². The third kappa shape index (κ3) is 5.08. The second-order valence-electron chi connectivity index (χ2n) is 4.62. The lowest BCUT2D eigenvalue weighted by atomic mass is 10.2. The topological polar surface area (TPSA) is 59.4 Å². The Morgan fingerprint density at radius 2 is 1.82 bits per heavy atom. The summed E-state index contributed by atoms with van der Waals surface area (Å²) in [5, 5.41) is 4.04. The number of alkyl halides is 2. The number of nitrogens with zero attached hydrogens (tertiary/aromatic N) is 3. The number of anilines is 1. The minimum atomic E-state index is -2.48. The molecule has 2 rings (SSSR count). The van der Waals surface area contributed by atoms with Crippen LogP contribution in [0, 0.1) is 13.8 Å². The molecule has 116 valence electrons. The van der Waals surface area contributed by atoms with Crippen molar-refractivity contribution in [2.45, 2.75) is 20.3 Å². The van der Waals surface area contributed by atoms with Crippen molar-refractivity contribution >= 4 is 12.2 Å². The normalized spacial score (nSPS) is 11.1. The molecular weight excluding hydrogens is 290 g/mol. The Hall–Kier alpha value is -2.57. The molecule has 22 heavy (non-hydrogen) atoms. The molecule has 0 amide bonds.